The van der Waals surface area contributed by atoms with Crippen LogP contribution in [0.25, 0.3) is 10.8 Å². The molecular weight excluding hydrogens is 907 g/mol. The number of anilines is 1. The van der Waals surface area contributed by atoms with Gasteiger partial charge in [-0.1, -0.05) is 76.3 Å². The lowest BCUT2D eigenvalue weighted by Crippen LogP contribution is -2.43. The van der Waals surface area contributed by atoms with Crippen molar-refractivity contribution in [3.05, 3.63) is 93.9 Å². The van der Waals surface area contributed by atoms with Gasteiger partial charge in [0.15, 0.2) is 11.4 Å². The molecule has 0 aliphatic carbocycles. The number of allylic oxidation sites excluding steroid dienone is 3. The molecule has 0 aromatic heterocycles. The molecule has 9 rings (SSSR count). The highest BCUT2D eigenvalue weighted by atomic mass is 16.7. The molecule has 0 radical (unpaired) electrons. The number of aliphatic hydroxyl groups excluding tert-OH is 2. The van der Waals surface area contributed by atoms with Crippen LogP contribution in [0.5, 0.6) is 17.2 Å². The van der Waals surface area contributed by atoms with Crippen LogP contribution >= 0.6 is 0 Å². The first kappa shape index (κ1) is 51.3. The average Bonchev–Trinajstić information content (AvgIpc) is 3.84. The fourth-order valence-electron chi connectivity index (χ4n) is 10.7. The van der Waals surface area contributed by atoms with Gasteiger partial charge in [0.1, 0.15) is 35.1 Å². The summed E-state index contributed by atoms with van der Waals surface area (Å²) >= 11 is 0. The molecular formula is C55H69N5O11. The number of nitrogens with zero attached hydrogens (tertiary/aromatic N) is 4. The van der Waals surface area contributed by atoms with E-state index in [9.17, 15) is 39.6 Å². The van der Waals surface area contributed by atoms with Crippen LogP contribution in [-0.4, -0.2) is 116 Å². The summed E-state index contributed by atoms with van der Waals surface area (Å²) in [5.41, 5.74) is 0.651. The third kappa shape index (κ3) is 10.6. The molecule has 5 N–H and O–H groups in total. The number of Topliss-reactive ketones (excluding diaryl/α,β-unsaturated/α-hetero) is 1. The Kier molecular flexibility index (Phi) is 15.1. The van der Waals surface area contributed by atoms with Crippen molar-refractivity contribution in [2.24, 2.45) is 27.7 Å². The second kappa shape index (κ2) is 20.9. The van der Waals surface area contributed by atoms with Gasteiger partial charge in [-0.25, -0.2) is 0 Å². The predicted octanol–water partition coefficient (Wildman–Crippen LogP) is 6.41. The number of hydrogen-bond donors (Lipinski definition) is 5. The fourth-order valence-corrected chi connectivity index (χ4v) is 10.7. The zero-order valence-electron chi connectivity index (χ0n) is 41.9. The number of carbonyl (C=O) groups excluding carboxylic acids is 4. The van der Waals surface area contributed by atoms with Crippen LogP contribution in [0, 0.1) is 24.7 Å². The van der Waals surface area contributed by atoms with Crippen LogP contribution in [0.15, 0.2) is 76.5 Å². The number of fused-ring (bicyclic) bond motifs is 13. The minimum Gasteiger partial charge on any atom is -0.507 e. The fraction of sp³-hybridized carbons (Fsp3) is 0.527. The summed E-state index contributed by atoms with van der Waals surface area (Å²) in [5.74, 6) is -5.37. The molecule has 1 spiro atoms. The van der Waals surface area contributed by atoms with Gasteiger partial charge in [-0.15, -0.1) is 0 Å². The number of aromatic hydroxyl groups is 2. The van der Waals surface area contributed by atoms with Gasteiger partial charge in [0.2, 0.25) is 5.91 Å². The van der Waals surface area contributed by atoms with E-state index in [0.717, 1.165) is 19.4 Å². The number of hydrogen-bond acceptors (Lipinski definition) is 14. The molecule has 3 aromatic carbocycles. The van der Waals surface area contributed by atoms with Crippen molar-refractivity contribution in [1.82, 2.24) is 9.80 Å². The third-order valence-electron chi connectivity index (χ3n) is 15.0. The quantitative estimate of drug-likeness (QED) is 0.103. The number of carbonyl (C=O) groups is 4. The third-order valence-corrected chi connectivity index (χ3v) is 15.0. The summed E-state index contributed by atoms with van der Waals surface area (Å²) in [4.78, 5) is 69.9. The van der Waals surface area contributed by atoms with E-state index in [1.54, 1.807) is 56.9 Å². The summed E-state index contributed by atoms with van der Waals surface area (Å²) in [7, 11) is 0. The molecule has 2 saturated heterocycles. The van der Waals surface area contributed by atoms with Crippen molar-refractivity contribution in [2.75, 3.05) is 38.0 Å². The standard InChI is InChI=1S/C55H69N5O11/c1-31(2)30-59-25-21-55(22-26-59)57-45-42-43-49(65)35(6)51-44(42)52(67)54(7,71-51)69-27-12-11-18-38(70-41(63)29-40(62)60-23-19-37(20-24-60)36-16-9-8-10-17-36)28-39(61)34(5)48(64)32(3)14-13-15-33(4)53(68)56-47(50(43)66)46(45)58-55/h8-10,12-17,27,31-32,34,37-39,48,61,64-66H,11,18-26,28-30H2,1-7H3,(H,56,68)/b14-13+,27-12+,33-15-/t32?,34-,38+,39?,48-,54?/m0/s1. The number of phenolic OH excluding ortho intramolecular Hbond substituents is 2. The molecule has 6 aliphatic heterocycles. The number of phenols is 2. The largest absolute Gasteiger partial charge is 0.507 e. The number of nitrogens with one attached hydrogen (secondary N) is 1. The molecule has 6 heterocycles. The number of ketones is 1. The summed E-state index contributed by atoms with van der Waals surface area (Å²) in [6, 6.07) is 10.2. The zero-order chi connectivity index (χ0) is 50.9. The maximum atomic E-state index is 14.7. The number of amides is 2. The molecule has 3 unspecified atom stereocenters. The van der Waals surface area contributed by atoms with Crippen molar-refractivity contribution in [3.63, 3.8) is 0 Å². The Balaban J connectivity index is 1.09. The molecule has 6 atom stereocenters. The summed E-state index contributed by atoms with van der Waals surface area (Å²) < 4.78 is 18.3. The smallest absolute Gasteiger partial charge is 0.315 e. The number of aliphatic hydroxyl groups is 2. The first-order valence-corrected chi connectivity index (χ1v) is 25.2. The monoisotopic (exact) mass is 975 g/mol. The van der Waals surface area contributed by atoms with Crippen molar-refractivity contribution in [3.8, 4) is 17.2 Å². The van der Waals surface area contributed by atoms with Crippen LogP contribution in [0.1, 0.15) is 120 Å². The Morgan fingerprint density at radius 3 is 2.32 bits per heavy atom. The summed E-state index contributed by atoms with van der Waals surface area (Å²) in [5, 5.41) is 50.2. The van der Waals surface area contributed by atoms with Gasteiger partial charge in [0, 0.05) is 87.3 Å². The molecule has 71 heavy (non-hydrogen) atoms. The number of ether oxygens (including phenoxy) is 3. The predicted molar refractivity (Wildman–Crippen MR) is 266 cm³/mol. The van der Waals surface area contributed by atoms with Gasteiger partial charge < -0.3 is 49.8 Å². The van der Waals surface area contributed by atoms with Crippen LogP contribution in [0.3, 0.4) is 0 Å². The first-order valence-electron chi connectivity index (χ1n) is 25.2. The number of piperidine rings is 2. The lowest BCUT2D eigenvalue weighted by atomic mass is 9.86. The number of esters is 1. The van der Waals surface area contributed by atoms with Crippen molar-refractivity contribution < 1.29 is 53.8 Å². The molecule has 2 amide bonds. The molecule has 0 saturated carbocycles. The van der Waals surface area contributed by atoms with Gasteiger partial charge in [0.25, 0.3) is 11.7 Å². The van der Waals surface area contributed by atoms with E-state index >= 15 is 0 Å². The van der Waals surface area contributed by atoms with E-state index in [0.29, 0.717) is 50.9 Å². The van der Waals surface area contributed by atoms with E-state index in [4.69, 9.17) is 24.2 Å². The lowest BCUT2D eigenvalue weighted by Gasteiger charge is -2.36. The van der Waals surface area contributed by atoms with E-state index in [-0.39, 0.29) is 80.5 Å². The number of likely N-dealkylation sites (tertiary alicyclic amines) is 2. The van der Waals surface area contributed by atoms with Gasteiger partial charge >= 0.3 is 11.8 Å². The van der Waals surface area contributed by atoms with Crippen molar-refractivity contribution >= 4 is 40.0 Å². The minimum absolute atomic E-state index is 0.0389. The molecule has 6 aliphatic rings. The van der Waals surface area contributed by atoms with Crippen LogP contribution in [-0.2, 0) is 23.9 Å². The average molecular weight is 976 g/mol. The van der Waals surface area contributed by atoms with Crippen LogP contribution in [0.2, 0.25) is 0 Å². The molecule has 380 valence electrons. The molecule has 16 heteroatoms. The highest BCUT2D eigenvalue weighted by Crippen LogP contribution is 2.50. The Labute approximate surface area is 414 Å². The van der Waals surface area contributed by atoms with E-state index in [1.807, 2.05) is 18.2 Å². The summed E-state index contributed by atoms with van der Waals surface area (Å²) in [6.07, 6.45) is 7.39. The van der Waals surface area contributed by atoms with Crippen LogP contribution < -0.4 is 20.8 Å². The Bertz CT molecular complexity index is 2770. The van der Waals surface area contributed by atoms with Gasteiger partial charge in [-0.3, -0.25) is 29.2 Å². The highest BCUT2D eigenvalue weighted by molar-refractivity contribution is 6.19. The maximum absolute atomic E-state index is 14.7. The maximum Gasteiger partial charge on any atom is 0.315 e. The Morgan fingerprint density at radius 2 is 1.63 bits per heavy atom. The van der Waals surface area contributed by atoms with Gasteiger partial charge in [-0.05, 0) is 63.0 Å². The normalized spacial score (nSPS) is 28.1. The van der Waals surface area contributed by atoms with E-state index < -0.39 is 71.4 Å². The molecule has 2 fully saturated rings. The van der Waals surface area contributed by atoms with Crippen molar-refractivity contribution in [2.45, 2.75) is 136 Å². The van der Waals surface area contributed by atoms with E-state index in [1.165, 1.54) is 18.7 Å². The minimum atomic E-state index is -1.93. The topological polar surface area (TPSA) is 220 Å². The molecule has 5 bridgehead atoms. The van der Waals surface area contributed by atoms with Gasteiger partial charge in [-0.2, -0.15) is 0 Å². The van der Waals surface area contributed by atoms with Gasteiger partial charge in [0.05, 0.1) is 34.8 Å². The lowest BCUT2D eigenvalue weighted by molar-refractivity contribution is -0.155. The second-order valence-electron chi connectivity index (χ2n) is 20.7. The molecule has 16 nitrogen and oxygen atoms in total. The van der Waals surface area contributed by atoms with Crippen LogP contribution in [0.4, 0.5) is 5.69 Å². The SMILES string of the molecule is C/C1=C/C=C/C(C)[C@H](O)[C@@H](C)C(O)C[C@H](OC(=O)CC(=O)N2CCC(c3ccccc3)CC2)CC/C=C/OC2(C)Oc3c(C)c(O)c4c(O)c(c5c(c4c3C2=O)=NC2(CCN(CC(C)C)CC2)N=5)NC1=O. The molecule has 3 aromatic rings. The zero-order valence-corrected chi connectivity index (χ0v) is 41.9. The first-order chi connectivity index (χ1) is 33.8. The number of benzene rings is 3. The Morgan fingerprint density at radius 1 is 0.944 bits per heavy atom. The second-order valence-corrected chi connectivity index (χ2v) is 20.7. The van der Waals surface area contributed by atoms with E-state index in [2.05, 4.69) is 36.2 Å². The Hall–Kier alpha value is -6.10. The van der Waals surface area contributed by atoms with Crippen molar-refractivity contribution in [1.29, 1.82) is 0 Å². The summed E-state index contributed by atoms with van der Waals surface area (Å²) in [6.45, 7) is 15.7. The number of rotatable bonds is 6. The highest BCUT2D eigenvalue weighted by Gasteiger charge is 2.50.